The number of ether oxygens (including phenoxy) is 2. The van der Waals surface area contributed by atoms with Gasteiger partial charge in [0, 0.05) is 32.2 Å². The van der Waals surface area contributed by atoms with Crippen LogP contribution in [0.1, 0.15) is 78.4 Å². The Hall–Kier alpha value is -2.16. The van der Waals surface area contributed by atoms with Crippen LogP contribution < -0.4 is 21.5 Å². The zero-order valence-corrected chi connectivity index (χ0v) is 25.6. The molecular weight excluding hydrogens is 494 g/mol. The van der Waals surface area contributed by atoms with Gasteiger partial charge in [0.05, 0.1) is 18.6 Å². The monoisotopic (exact) mass is 549 g/mol. The van der Waals surface area contributed by atoms with Crippen molar-refractivity contribution in [3.63, 3.8) is 0 Å². The van der Waals surface area contributed by atoms with E-state index in [-0.39, 0.29) is 30.7 Å². The average molecular weight is 550 g/mol. The Kier molecular flexibility index (Phi) is 15.0. The predicted octanol–water partition coefficient (Wildman–Crippen LogP) is 3.85. The molecule has 8 nitrogen and oxygen atoms in total. The second-order valence-electron chi connectivity index (χ2n) is 12.3. The molecule has 2 amide bonds. The van der Waals surface area contributed by atoms with E-state index in [1.54, 1.807) is 28.1 Å². The number of unbranched alkanes of at least 4 members (excludes halogenated alkanes) is 1. The molecule has 8 heteroatoms. The Bertz CT molecular complexity index is 887. The molecule has 0 spiro atoms. The summed E-state index contributed by atoms with van der Waals surface area (Å²) in [6.45, 7) is 12.6. The van der Waals surface area contributed by atoms with E-state index in [0.717, 1.165) is 38.0 Å². The van der Waals surface area contributed by atoms with E-state index in [9.17, 15) is 14.7 Å². The van der Waals surface area contributed by atoms with Gasteiger partial charge in [0.15, 0.2) is 0 Å². The first-order valence-corrected chi connectivity index (χ1v) is 14.4. The number of aryl methyl sites for hydroxylation is 1. The molecule has 0 saturated carbocycles. The molecule has 1 aromatic carbocycles. The number of benzene rings is 1. The van der Waals surface area contributed by atoms with Gasteiger partial charge in [0.1, 0.15) is 5.75 Å². The predicted molar refractivity (Wildman–Crippen MR) is 157 cm³/mol. The lowest BCUT2D eigenvalue weighted by Crippen LogP contribution is -2.46. The Morgan fingerprint density at radius 1 is 1.05 bits per heavy atom. The van der Waals surface area contributed by atoms with Crippen LogP contribution in [-0.2, 0) is 27.2 Å². The van der Waals surface area contributed by atoms with Crippen molar-refractivity contribution in [1.29, 1.82) is 0 Å². The highest BCUT2D eigenvalue weighted by atomic mass is 16.5. The van der Waals surface area contributed by atoms with Crippen molar-refractivity contribution < 1.29 is 24.2 Å². The summed E-state index contributed by atoms with van der Waals surface area (Å²) < 4.78 is 10.8. The number of aliphatic hydroxyl groups is 1. The van der Waals surface area contributed by atoms with E-state index in [0.29, 0.717) is 12.3 Å². The van der Waals surface area contributed by atoms with Crippen molar-refractivity contribution >= 4 is 11.8 Å². The van der Waals surface area contributed by atoms with Gasteiger partial charge in [0.2, 0.25) is 11.8 Å². The first kappa shape index (κ1) is 34.9. The molecule has 0 aliphatic rings. The number of nitrogens with one attached hydrogen (secondary N) is 1. The van der Waals surface area contributed by atoms with Crippen LogP contribution in [0.15, 0.2) is 18.2 Å². The number of carbonyl (C=O) groups is 2. The summed E-state index contributed by atoms with van der Waals surface area (Å²) in [6, 6.07) is 5.93. The first-order valence-electron chi connectivity index (χ1n) is 14.4. The molecule has 0 aromatic heterocycles. The third-order valence-corrected chi connectivity index (χ3v) is 7.91. The fraction of sp³-hybridized carbons (Fsp3) is 0.742. The molecule has 0 unspecified atom stereocenters. The summed E-state index contributed by atoms with van der Waals surface area (Å²) in [5.41, 5.74) is 13.6. The lowest BCUT2D eigenvalue weighted by Gasteiger charge is -2.30. The van der Waals surface area contributed by atoms with E-state index in [1.165, 1.54) is 11.1 Å². The largest absolute Gasteiger partial charge is 0.496 e. The summed E-state index contributed by atoms with van der Waals surface area (Å²) in [5, 5.41) is 13.9. The zero-order chi connectivity index (χ0) is 29.8. The normalized spacial score (nSPS) is 15.2. The topological polar surface area (TPSA) is 137 Å². The molecule has 224 valence electrons. The van der Waals surface area contributed by atoms with Gasteiger partial charge in [-0.25, -0.2) is 0 Å². The van der Waals surface area contributed by atoms with Crippen molar-refractivity contribution in [2.75, 3.05) is 27.4 Å². The highest BCUT2D eigenvalue weighted by Gasteiger charge is 2.32. The molecule has 0 radical (unpaired) electrons. The molecule has 0 bridgehead atoms. The van der Waals surface area contributed by atoms with Crippen LogP contribution in [0.25, 0.3) is 0 Å². The van der Waals surface area contributed by atoms with Gasteiger partial charge in [0.25, 0.3) is 0 Å². The lowest BCUT2D eigenvalue weighted by atomic mass is 9.80. The third kappa shape index (κ3) is 11.9. The smallest absolute Gasteiger partial charge is 0.224 e. The highest BCUT2D eigenvalue weighted by molar-refractivity contribution is 5.83. The Balaban J connectivity index is 2.87. The van der Waals surface area contributed by atoms with Gasteiger partial charge in [-0.2, -0.15) is 0 Å². The molecule has 0 heterocycles. The molecular formula is C31H55N3O5. The quantitative estimate of drug-likeness (QED) is 0.194. The van der Waals surface area contributed by atoms with E-state index < -0.39 is 29.4 Å². The van der Waals surface area contributed by atoms with Crippen LogP contribution in [0.4, 0.5) is 0 Å². The summed E-state index contributed by atoms with van der Waals surface area (Å²) >= 11 is 0. The maximum atomic E-state index is 12.9. The molecule has 0 saturated heterocycles. The van der Waals surface area contributed by atoms with Crippen molar-refractivity contribution in [3.05, 3.63) is 29.3 Å². The number of aliphatic hydroxyl groups excluding tert-OH is 1. The number of amides is 2. The number of primary amides is 1. The molecule has 6 N–H and O–H groups in total. The van der Waals surface area contributed by atoms with Gasteiger partial charge >= 0.3 is 0 Å². The van der Waals surface area contributed by atoms with E-state index >= 15 is 0 Å². The standard InChI is InChI=1S/C31H55N3O5/c1-20(2)24(16-22-12-13-28(39-8)23(15-22)11-9-10-14-38-7)17-26(32)27(35)18-25(21(3)4)29(36)34-19-31(5,6)30(33)37/h12-13,15,20-21,24-27,35H,9-11,14,16-19,32H2,1-8H3,(H2,33,37)(H,34,36)/t24-,25-,26-,27-/m0/s1. The van der Waals surface area contributed by atoms with Crippen LogP contribution in [-0.4, -0.2) is 56.4 Å². The summed E-state index contributed by atoms with van der Waals surface area (Å²) in [5.74, 6) is 0.466. The molecule has 39 heavy (non-hydrogen) atoms. The van der Waals surface area contributed by atoms with Gasteiger partial charge < -0.3 is 31.4 Å². The van der Waals surface area contributed by atoms with Gasteiger partial charge in [-0.3, -0.25) is 9.59 Å². The maximum Gasteiger partial charge on any atom is 0.224 e. The van der Waals surface area contributed by atoms with Crippen LogP contribution in [0.5, 0.6) is 5.75 Å². The zero-order valence-electron chi connectivity index (χ0n) is 25.6. The van der Waals surface area contributed by atoms with Crippen LogP contribution in [0.3, 0.4) is 0 Å². The molecule has 1 aromatic rings. The number of hydrogen-bond donors (Lipinski definition) is 4. The molecule has 0 fully saturated rings. The molecule has 1 rings (SSSR count). The second kappa shape index (κ2) is 16.8. The summed E-state index contributed by atoms with van der Waals surface area (Å²) in [6.07, 6.45) is 3.91. The van der Waals surface area contributed by atoms with Crippen molar-refractivity contribution in [3.8, 4) is 5.75 Å². The number of carbonyl (C=O) groups excluding carboxylic acids is 2. The molecule has 0 aliphatic heterocycles. The first-order chi connectivity index (χ1) is 18.2. The lowest BCUT2D eigenvalue weighted by molar-refractivity contribution is -0.130. The fourth-order valence-electron chi connectivity index (χ4n) is 4.76. The molecule has 0 aliphatic carbocycles. The highest BCUT2D eigenvalue weighted by Crippen LogP contribution is 2.29. The number of nitrogens with two attached hydrogens (primary N) is 2. The van der Waals surface area contributed by atoms with Crippen LogP contribution >= 0.6 is 0 Å². The van der Waals surface area contributed by atoms with Gasteiger partial charge in [-0.15, -0.1) is 0 Å². The van der Waals surface area contributed by atoms with Crippen LogP contribution in [0.2, 0.25) is 0 Å². The maximum absolute atomic E-state index is 12.9. The minimum Gasteiger partial charge on any atom is -0.496 e. The van der Waals surface area contributed by atoms with Crippen molar-refractivity contribution in [2.45, 2.75) is 92.2 Å². The van der Waals surface area contributed by atoms with Gasteiger partial charge in [-0.05, 0) is 87.3 Å². The van der Waals surface area contributed by atoms with E-state index in [2.05, 4.69) is 31.3 Å². The second-order valence-corrected chi connectivity index (χ2v) is 12.3. The minimum atomic E-state index is -0.845. The van der Waals surface area contributed by atoms with Crippen LogP contribution in [0, 0.1) is 29.1 Å². The average Bonchev–Trinajstić information content (AvgIpc) is 2.87. The summed E-state index contributed by atoms with van der Waals surface area (Å²) in [4.78, 5) is 24.6. The minimum absolute atomic E-state index is 0.00560. The Morgan fingerprint density at radius 2 is 1.72 bits per heavy atom. The Morgan fingerprint density at radius 3 is 2.26 bits per heavy atom. The van der Waals surface area contributed by atoms with Gasteiger partial charge in [-0.1, -0.05) is 39.8 Å². The number of hydrogen-bond acceptors (Lipinski definition) is 6. The molecule has 4 atom stereocenters. The number of rotatable bonds is 19. The Labute approximate surface area is 236 Å². The fourth-order valence-corrected chi connectivity index (χ4v) is 4.76. The van der Waals surface area contributed by atoms with E-state index in [4.69, 9.17) is 20.9 Å². The SMILES string of the molecule is COCCCCc1cc(C[C@@H](C[C@H](N)[C@@H](O)C[C@H](C(=O)NCC(C)(C)C(N)=O)C(C)C)C(C)C)ccc1OC. The summed E-state index contributed by atoms with van der Waals surface area (Å²) in [7, 11) is 3.42. The van der Waals surface area contributed by atoms with E-state index in [1.807, 2.05) is 19.9 Å². The van der Waals surface area contributed by atoms with Crippen molar-refractivity contribution in [2.24, 2.45) is 40.6 Å². The third-order valence-electron chi connectivity index (χ3n) is 7.91. The number of methoxy groups -OCH3 is 2. The van der Waals surface area contributed by atoms with Crippen molar-refractivity contribution in [1.82, 2.24) is 5.32 Å².